The van der Waals surface area contributed by atoms with Gasteiger partial charge in [0.2, 0.25) is 0 Å². The van der Waals surface area contributed by atoms with Gasteiger partial charge in [0.15, 0.2) is 11.6 Å². The summed E-state index contributed by atoms with van der Waals surface area (Å²) in [6.45, 7) is 2.41. The second-order valence-electron chi connectivity index (χ2n) is 4.03. The van der Waals surface area contributed by atoms with Crippen molar-refractivity contribution in [2.45, 2.75) is 19.0 Å². The summed E-state index contributed by atoms with van der Waals surface area (Å²) < 4.78 is 25.6. The number of hydrogen-bond donors (Lipinski definition) is 1. The van der Waals surface area contributed by atoms with Crippen LogP contribution in [0.25, 0.3) is 0 Å². The van der Waals surface area contributed by atoms with Crippen molar-refractivity contribution in [3.63, 3.8) is 0 Å². The van der Waals surface area contributed by atoms with E-state index < -0.39 is 11.6 Å². The summed E-state index contributed by atoms with van der Waals surface area (Å²) in [4.78, 5) is 2.15. The molecule has 0 bridgehead atoms. The second-order valence-corrected chi connectivity index (χ2v) is 4.03. The number of nitrogens with two attached hydrogens (primary N) is 1. The highest BCUT2D eigenvalue weighted by Crippen LogP contribution is 2.14. The Morgan fingerprint density at radius 1 is 1.31 bits per heavy atom. The first-order valence-corrected chi connectivity index (χ1v) is 5.07. The van der Waals surface area contributed by atoms with Gasteiger partial charge in [0.05, 0.1) is 0 Å². The molecule has 1 unspecified atom stereocenters. The molecule has 2 nitrogen and oxygen atoms in total. The third-order valence-corrected chi connectivity index (χ3v) is 2.70. The monoisotopic (exact) mass is 248 g/mol. The molecule has 0 aliphatic carbocycles. The Hall–Kier alpha value is -0.710. The number of nitrogens with zero attached hydrogens (tertiary/aromatic N) is 1. The molecule has 90 valence electrons. The summed E-state index contributed by atoms with van der Waals surface area (Å²) in [7, 11) is 0. The Kier molecular flexibility index (Phi) is 4.65. The molecule has 0 saturated carbocycles. The van der Waals surface area contributed by atoms with Gasteiger partial charge in [0.1, 0.15) is 0 Å². The highest BCUT2D eigenvalue weighted by Gasteiger charge is 2.19. The molecule has 1 aromatic rings. The molecule has 0 spiro atoms. The van der Waals surface area contributed by atoms with Crippen LogP contribution in [-0.2, 0) is 6.54 Å². The van der Waals surface area contributed by atoms with Crippen LogP contribution in [0, 0.1) is 11.6 Å². The molecule has 1 heterocycles. The SMILES string of the molecule is Cl.NC1CCN(Cc2ccc(F)c(F)c2)C1. The number of rotatable bonds is 2. The minimum atomic E-state index is -0.795. The Morgan fingerprint density at radius 2 is 2.06 bits per heavy atom. The van der Waals surface area contributed by atoms with Crippen molar-refractivity contribution < 1.29 is 8.78 Å². The van der Waals surface area contributed by atoms with Crippen LogP contribution in [0.2, 0.25) is 0 Å². The molecule has 2 N–H and O–H groups in total. The maximum absolute atomic E-state index is 12.9. The van der Waals surface area contributed by atoms with Gasteiger partial charge in [0.25, 0.3) is 0 Å². The third-order valence-electron chi connectivity index (χ3n) is 2.70. The van der Waals surface area contributed by atoms with E-state index in [1.165, 1.54) is 12.1 Å². The average Bonchev–Trinajstić information content (AvgIpc) is 2.58. The Bertz CT molecular complexity index is 360. The number of benzene rings is 1. The lowest BCUT2D eigenvalue weighted by Gasteiger charge is -2.14. The smallest absolute Gasteiger partial charge is 0.159 e. The van der Waals surface area contributed by atoms with Crippen LogP contribution < -0.4 is 5.73 Å². The Morgan fingerprint density at radius 3 is 2.62 bits per heavy atom. The fourth-order valence-electron chi connectivity index (χ4n) is 1.90. The highest BCUT2D eigenvalue weighted by atomic mass is 35.5. The second kappa shape index (κ2) is 5.57. The van der Waals surface area contributed by atoms with Gasteiger partial charge in [-0.15, -0.1) is 12.4 Å². The molecule has 0 radical (unpaired) electrons. The summed E-state index contributed by atoms with van der Waals surface area (Å²) in [6.07, 6.45) is 0.976. The molecule has 1 fully saturated rings. The van der Waals surface area contributed by atoms with E-state index in [4.69, 9.17) is 5.73 Å². The summed E-state index contributed by atoms with van der Waals surface area (Å²) in [5.74, 6) is -1.58. The minimum Gasteiger partial charge on any atom is -0.326 e. The maximum Gasteiger partial charge on any atom is 0.159 e. The van der Waals surface area contributed by atoms with Crippen LogP contribution in [0.4, 0.5) is 8.78 Å². The van der Waals surface area contributed by atoms with Gasteiger partial charge >= 0.3 is 0 Å². The normalized spacial score (nSPS) is 20.8. The maximum atomic E-state index is 12.9. The molecule has 1 aliphatic rings. The minimum absolute atomic E-state index is 0. The van der Waals surface area contributed by atoms with Crippen molar-refractivity contribution in [1.29, 1.82) is 0 Å². The van der Waals surface area contributed by atoms with Gasteiger partial charge in [-0.25, -0.2) is 8.78 Å². The average molecular weight is 249 g/mol. The summed E-state index contributed by atoms with van der Waals surface area (Å²) in [5.41, 5.74) is 6.55. The van der Waals surface area contributed by atoms with Crippen LogP contribution in [-0.4, -0.2) is 24.0 Å². The summed E-state index contributed by atoms with van der Waals surface area (Å²) in [6, 6.07) is 4.25. The lowest BCUT2D eigenvalue weighted by Crippen LogP contribution is -2.26. The standard InChI is InChI=1S/C11H14F2N2.ClH/c12-10-2-1-8(5-11(10)13)6-15-4-3-9(14)7-15;/h1-2,5,9H,3-4,6-7,14H2;1H. The molecule has 0 amide bonds. The Labute approximate surface area is 99.8 Å². The van der Waals surface area contributed by atoms with Crippen molar-refractivity contribution in [2.75, 3.05) is 13.1 Å². The number of hydrogen-bond acceptors (Lipinski definition) is 2. The van der Waals surface area contributed by atoms with Gasteiger partial charge < -0.3 is 5.73 Å². The van der Waals surface area contributed by atoms with Crippen molar-refractivity contribution in [3.05, 3.63) is 35.4 Å². The fraction of sp³-hybridized carbons (Fsp3) is 0.455. The lowest BCUT2D eigenvalue weighted by molar-refractivity contribution is 0.326. The van der Waals surface area contributed by atoms with Crippen molar-refractivity contribution >= 4 is 12.4 Å². The number of halogens is 3. The van der Waals surface area contributed by atoms with E-state index in [9.17, 15) is 8.78 Å². The van der Waals surface area contributed by atoms with Crippen LogP contribution in [0.5, 0.6) is 0 Å². The Balaban J connectivity index is 0.00000128. The molecule has 1 aliphatic heterocycles. The molecule has 0 aromatic heterocycles. The van der Waals surface area contributed by atoms with Crippen LogP contribution in [0.15, 0.2) is 18.2 Å². The van der Waals surface area contributed by atoms with E-state index in [-0.39, 0.29) is 18.4 Å². The first kappa shape index (κ1) is 13.4. The van der Waals surface area contributed by atoms with E-state index >= 15 is 0 Å². The zero-order chi connectivity index (χ0) is 10.8. The molecule has 1 saturated heterocycles. The summed E-state index contributed by atoms with van der Waals surface area (Å²) >= 11 is 0. The van der Waals surface area contributed by atoms with Crippen LogP contribution >= 0.6 is 12.4 Å². The molecular weight excluding hydrogens is 234 g/mol. The van der Waals surface area contributed by atoms with Gasteiger partial charge in [-0.3, -0.25) is 4.90 Å². The van der Waals surface area contributed by atoms with E-state index in [0.29, 0.717) is 6.54 Å². The first-order chi connectivity index (χ1) is 7.15. The number of likely N-dealkylation sites (tertiary alicyclic amines) is 1. The van der Waals surface area contributed by atoms with Crippen LogP contribution in [0.1, 0.15) is 12.0 Å². The van der Waals surface area contributed by atoms with E-state index in [1.807, 2.05) is 0 Å². The lowest BCUT2D eigenvalue weighted by atomic mass is 10.2. The molecule has 1 aromatic carbocycles. The van der Waals surface area contributed by atoms with Crippen molar-refractivity contribution in [2.24, 2.45) is 5.73 Å². The molecule has 2 rings (SSSR count). The summed E-state index contributed by atoms with van der Waals surface area (Å²) in [5, 5.41) is 0. The first-order valence-electron chi connectivity index (χ1n) is 5.07. The topological polar surface area (TPSA) is 29.3 Å². The fourth-order valence-corrected chi connectivity index (χ4v) is 1.90. The van der Waals surface area contributed by atoms with Crippen LogP contribution in [0.3, 0.4) is 0 Å². The third kappa shape index (κ3) is 3.14. The molecule has 1 atom stereocenters. The van der Waals surface area contributed by atoms with E-state index in [0.717, 1.165) is 25.1 Å². The predicted molar refractivity (Wildman–Crippen MR) is 61.5 cm³/mol. The van der Waals surface area contributed by atoms with Crippen molar-refractivity contribution in [1.82, 2.24) is 4.90 Å². The van der Waals surface area contributed by atoms with Gasteiger partial charge in [0, 0.05) is 25.7 Å². The molecule has 16 heavy (non-hydrogen) atoms. The van der Waals surface area contributed by atoms with Crippen molar-refractivity contribution in [3.8, 4) is 0 Å². The van der Waals surface area contributed by atoms with E-state index in [1.54, 1.807) is 6.07 Å². The van der Waals surface area contributed by atoms with Gasteiger partial charge in [-0.1, -0.05) is 6.07 Å². The molecule has 5 heteroatoms. The molecular formula is C11H15ClF2N2. The van der Waals surface area contributed by atoms with E-state index in [2.05, 4.69) is 4.90 Å². The highest BCUT2D eigenvalue weighted by molar-refractivity contribution is 5.85. The quantitative estimate of drug-likeness (QED) is 0.867. The predicted octanol–water partition coefficient (Wildman–Crippen LogP) is 1.92. The zero-order valence-corrected chi connectivity index (χ0v) is 9.64. The van der Waals surface area contributed by atoms with Gasteiger partial charge in [-0.2, -0.15) is 0 Å². The zero-order valence-electron chi connectivity index (χ0n) is 8.83. The largest absolute Gasteiger partial charge is 0.326 e. The van der Waals surface area contributed by atoms with Gasteiger partial charge in [-0.05, 0) is 24.1 Å².